The molecule has 1 saturated heterocycles. The summed E-state index contributed by atoms with van der Waals surface area (Å²) in [6.07, 6.45) is 4.85. The number of benzene rings is 3. The molecule has 3 aromatic carbocycles. The number of rotatable bonds is 6. The topological polar surface area (TPSA) is 71.0 Å². The summed E-state index contributed by atoms with van der Waals surface area (Å²) in [7, 11) is 0. The molecule has 2 amide bonds. The lowest BCUT2D eigenvalue weighted by atomic mass is 9.73. The van der Waals surface area contributed by atoms with E-state index in [9.17, 15) is 9.59 Å². The minimum atomic E-state index is -0.697. The summed E-state index contributed by atoms with van der Waals surface area (Å²) < 4.78 is 5.47. The highest BCUT2D eigenvalue weighted by Crippen LogP contribution is 2.54. The van der Waals surface area contributed by atoms with Crippen LogP contribution < -0.4 is 10.1 Å². The number of nitrogens with zero attached hydrogens (tertiary/aromatic N) is 2. The fourth-order valence-corrected chi connectivity index (χ4v) is 8.07. The van der Waals surface area contributed by atoms with Crippen LogP contribution in [0.4, 0.5) is 10.5 Å². The molecular weight excluding hydrogens is 546 g/mol. The van der Waals surface area contributed by atoms with Crippen molar-refractivity contribution in [3.05, 3.63) is 82.9 Å². The summed E-state index contributed by atoms with van der Waals surface area (Å²) in [6.45, 7) is 11.2. The van der Waals surface area contributed by atoms with E-state index in [1.165, 1.54) is 41.5 Å². The Bertz CT molecular complexity index is 1660. The summed E-state index contributed by atoms with van der Waals surface area (Å²) in [5.74, 6) is 1.85. The number of fused-ring (bicyclic) bond motifs is 4. The SMILES string of the molecule is Cc1ccc(-c2ccc3c(c2)CC([C@@H]2CC(C)(C)CN2C(=O)[C@@H](NC(=O)Oc2ccccc2)C(C)C)=N3)c2c1C1CCC1C2. The molecule has 0 radical (unpaired) electrons. The molecule has 2 unspecified atom stereocenters. The highest BCUT2D eigenvalue weighted by Gasteiger charge is 2.46. The van der Waals surface area contributed by atoms with E-state index in [0.29, 0.717) is 12.3 Å². The van der Waals surface area contributed by atoms with E-state index in [2.05, 4.69) is 56.4 Å². The molecule has 7 rings (SSSR count). The van der Waals surface area contributed by atoms with Crippen LogP contribution in [0.1, 0.15) is 75.1 Å². The van der Waals surface area contributed by atoms with Gasteiger partial charge in [0, 0.05) is 18.7 Å². The zero-order valence-corrected chi connectivity index (χ0v) is 26.5. The third kappa shape index (κ3) is 5.12. The van der Waals surface area contributed by atoms with Crippen LogP contribution in [0.3, 0.4) is 0 Å². The molecule has 0 spiro atoms. The summed E-state index contributed by atoms with van der Waals surface area (Å²) in [6, 6.07) is 19.5. The van der Waals surface area contributed by atoms with Crippen LogP contribution in [0.2, 0.25) is 0 Å². The number of para-hydroxylation sites is 1. The molecule has 2 aliphatic heterocycles. The lowest BCUT2D eigenvalue weighted by Crippen LogP contribution is -2.54. The van der Waals surface area contributed by atoms with Crippen LogP contribution in [0.5, 0.6) is 5.75 Å². The van der Waals surface area contributed by atoms with Crippen LogP contribution >= 0.6 is 0 Å². The Balaban J connectivity index is 1.11. The van der Waals surface area contributed by atoms with E-state index in [4.69, 9.17) is 9.73 Å². The van der Waals surface area contributed by atoms with Crippen molar-refractivity contribution < 1.29 is 14.3 Å². The van der Waals surface area contributed by atoms with Crippen molar-refractivity contribution in [2.45, 2.75) is 84.7 Å². The number of hydrogen-bond acceptors (Lipinski definition) is 4. The molecule has 2 fully saturated rings. The average molecular weight is 590 g/mol. The molecule has 4 aliphatic rings. The monoisotopic (exact) mass is 589 g/mol. The lowest BCUT2D eigenvalue weighted by Gasteiger charge is -2.31. The fraction of sp³-hybridized carbons (Fsp3) is 0.447. The smallest absolute Gasteiger partial charge is 0.410 e. The summed E-state index contributed by atoms with van der Waals surface area (Å²) in [5.41, 5.74) is 10.5. The van der Waals surface area contributed by atoms with E-state index < -0.39 is 12.1 Å². The predicted octanol–water partition coefficient (Wildman–Crippen LogP) is 7.78. The van der Waals surface area contributed by atoms with E-state index in [1.807, 2.05) is 36.9 Å². The minimum absolute atomic E-state index is 0.0589. The van der Waals surface area contributed by atoms with Gasteiger partial charge >= 0.3 is 6.09 Å². The molecule has 2 heterocycles. The first-order chi connectivity index (χ1) is 21.1. The number of carbonyl (C=O) groups excluding carboxylic acids is 2. The summed E-state index contributed by atoms with van der Waals surface area (Å²) >= 11 is 0. The van der Waals surface area contributed by atoms with E-state index >= 15 is 0 Å². The molecule has 0 aromatic heterocycles. The number of hydrogen-bond donors (Lipinski definition) is 1. The van der Waals surface area contributed by atoms with Gasteiger partial charge in [-0.15, -0.1) is 0 Å². The molecule has 0 bridgehead atoms. The maximum absolute atomic E-state index is 14.1. The largest absolute Gasteiger partial charge is 0.413 e. The fourth-order valence-electron chi connectivity index (χ4n) is 8.07. The number of ether oxygens (including phenoxy) is 1. The number of aliphatic imine (C=N–C) groups is 1. The molecule has 4 atom stereocenters. The van der Waals surface area contributed by atoms with Gasteiger partial charge in [-0.2, -0.15) is 0 Å². The van der Waals surface area contributed by atoms with Crippen LogP contribution in [0.25, 0.3) is 11.1 Å². The Morgan fingerprint density at radius 3 is 2.57 bits per heavy atom. The highest BCUT2D eigenvalue weighted by atomic mass is 16.6. The average Bonchev–Trinajstić information content (AvgIpc) is 3.62. The minimum Gasteiger partial charge on any atom is -0.410 e. The molecule has 1 saturated carbocycles. The van der Waals surface area contributed by atoms with Crippen LogP contribution in [0, 0.1) is 24.2 Å². The third-order valence-electron chi connectivity index (χ3n) is 10.4. The Hall–Kier alpha value is -3.93. The number of nitrogens with one attached hydrogen (secondary N) is 1. The number of carbonyl (C=O) groups is 2. The van der Waals surface area contributed by atoms with Crippen molar-refractivity contribution in [1.29, 1.82) is 0 Å². The van der Waals surface area contributed by atoms with Gasteiger partial charge in [-0.25, -0.2) is 4.79 Å². The second-order valence-electron chi connectivity index (χ2n) is 14.5. The quantitative estimate of drug-likeness (QED) is 0.319. The van der Waals surface area contributed by atoms with Gasteiger partial charge in [0.2, 0.25) is 5.91 Å². The standard InChI is InChI=1S/C38H43N3O3/c1-22(2)35(40-37(43)44-27-9-7-6-8-10-27)36(42)41-21-38(4,5)20-33(41)32-19-26-17-24(13-16-31(26)39-32)28-14-11-23(3)34-29-15-12-25(29)18-30(28)34/h6-11,13-14,16-17,22,25,29,33,35H,12,15,18-21H2,1-5H3,(H,40,43)/t25?,29?,33-,35-/m0/s1. The van der Waals surface area contributed by atoms with Crippen LogP contribution in [-0.2, 0) is 17.6 Å². The van der Waals surface area contributed by atoms with E-state index in [0.717, 1.165) is 36.1 Å². The van der Waals surface area contributed by atoms with E-state index in [1.54, 1.807) is 23.3 Å². The first-order valence-corrected chi connectivity index (χ1v) is 16.2. The third-order valence-corrected chi connectivity index (χ3v) is 10.4. The van der Waals surface area contributed by atoms with Crippen molar-refractivity contribution in [2.75, 3.05) is 6.54 Å². The maximum Gasteiger partial charge on any atom is 0.413 e. The second-order valence-corrected chi connectivity index (χ2v) is 14.5. The van der Waals surface area contributed by atoms with Crippen molar-refractivity contribution in [2.24, 2.45) is 22.2 Å². The second kappa shape index (κ2) is 10.9. The van der Waals surface area contributed by atoms with Crippen LogP contribution in [0.15, 0.2) is 65.7 Å². The Kier molecular flexibility index (Phi) is 7.14. The van der Waals surface area contributed by atoms with Gasteiger partial charge in [0.25, 0.3) is 0 Å². The molecule has 1 N–H and O–H groups in total. The molecule has 6 heteroatoms. The molecule has 2 aliphatic carbocycles. The molecule has 44 heavy (non-hydrogen) atoms. The van der Waals surface area contributed by atoms with Gasteiger partial charge in [-0.1, -0.05) is 64.1 Å². The molecule has 3 aromatic rings. The van der Waals surface area contributed by atoms with Crippen molar-refractivity contribution in [3.63, 3.8) is 0 Å². The van der Waals surface area contributed by atoms with Gasteiger partial charge in [-0.05, 0) is 113 Å². The Morgan fingerprint density at radius 2 is 1.84 bits per heavy atom. The first kappa shape index (κ1) is 28.8. The molecular formula is C38H43N3O3. The number of aryl methyl sites for hydroxylation is 1. The van der Waals surface area contributed by atoms with E-state index in [-0.39, 0.29) is 23.3 Å². The maximum atomic E-state index is 14.1. The lowest BCUT2D eigenvalue weighted by molar-refractivity contribution is -0.134. The zero-order valence-electron chi connectivity index (χ0n) is 26.5. The first-order valence-electron chi connectivity index (χ1n) is 16.2. The Labute approximate surface area is 260 Å². The normalized spacial score (nSPS) is 23.4. The predicted molar refractivity (Wildman–Crippen MR) is 175 cm³/mol. The molecule has 6 nitrogen and oxygen atoms in total. The van der Waals surface area contributed by atoms with Gasteiger partial charge in [0.1, 0.15) is 11.8 Å². The highest BCUT2D eigenvalue weighted by molar-refractivity contribution is 6.01. The van der Waals surface area contributed by atoms with Gasteiger partial charge in [-0.3, -0.25) is 9.79 Å². The van der Waals surface area contributed by atoms with Crippen molar-refractivity contribution in [1.82, 2.24) is 10.2 Å². The van der Waals surface area contributed by atoms with Crippen molar-refractivity contribution >= 4 is 23.4 Å². The number of likely N-dealkylation sites (tertiary alicyclic amines) is 1. The summed E-state index contributed by atoms with van der Waals surface area (Å²) in [4.78, 5) is 34.0. The van der Waals surface area contributed by atoms with Gasteiger partial charge in [0.15, 0.2) is 0 Å². The molecule has 228 valence electrons. The van der Waals surface area contributed by atoms with Gasteiger partial charge in [0.05, 0.1) is 11.7 Å². The number of amides is 2. The van der Waals surface area contributed by atoms with Gasteiger partial charge < -0.3 is 15.0 Å². The zero-order chi connectivity index (χ0) is 30.7. The Morgan fingerprint density at radius 1 is 1.05 bits per heavy atom. The van der Waals surface area contributed by atoms with Crippen molar-refractivity contribution in [3.8, 4) is 16.9 Å². The summed E-state index contributed by atoms with van der Waals surface area (Å²) in [5, 5.41) is 2.87. The van der Waals surface area contributed by atoms with Crippen LogP contribution in [-0.4, -0.2) is 41.2 Å².